The number of nitrogens with one attached hydrogen (secondary N) is 1. The topological polar surface area (TPSA) is 56.4 Å². The Balaban J connectivity index is 1.53. The molecule has 2 fully saturated rings. The van der Waals surface area contributed by atoms with Gasteiger partial charge in [0.1, 0.15) is 5.69 Å². The summed E-state index contributed by atoms with van der Waals surface area (Å²) in [6.07, 6.45) is 6.92. The number of likely N-dealkylation sites (tertiary alicyclic amines) is 2. The highest BCUT2D eigenvalue weighted by molar-refractivity contribution is 5.95. The van der Waals surface area contributed by atoms with Gasteiger partial charge in [0.25, 0.3) is 5.91 Å². The largest absolute Gasteiger partial charge is 0.350 e. The summed E-state index contributed by atoms with van der Waals surface area (Å²) in [6.45, 7) is 4.25. The number of para-hydroxylation sites is 1. The highest BCUT2D eigenvalue weighted by Gasteiger charge is 2.28. The lowest BCUT2D eigenvalue weighted by atomic mass is 9.98. The molecule has 1 amide bonds. The number of rotatable bonds is 4. The summed E-state index contributed by atoms with van der Waals surface area (Å²) in [5.41, 5.74) is 1.06. The van der Waals surface area contributed by atoms with E-state index >= 15 is 0 Å². The Morgan fingerprint density at radius 3 is 2.69 bits per heavy atom. The average molecular weight is 353 g/mol. The van der Waals surface area contributed by atoms with Gasteiger partial charge in [0.2, 0.25) is 0 Å². The van der Waals surface area contributed by atoms with E-state index in [1.165, 1.54) is 38.4 Å². The summed E-state index contributed by atoms with van der Waals surface area (Å²) in [5, 5.41) is 0.633. The molecule has 0 saturated carbocycles. The highest BCUT2D eigenvalue weighted by Crippen LogP contribution is 2.23. The number of benzene rings is 1. The van der Waals surface area contributed by atoms with Gasteiger partial charge in [-0.2, -0.15) is 0 Å². The van der Waals surface area contributed by atoms with Crippen LogP contribution in [0.4, 0.5) is 0 Å². The zero-order chi connectivity index (χ0) is 17.9. The first kappa shape index (κ1) is 17.3. The lowest BCUT2D eigenvalue weighted by Gasteiger charge is -2.36. The first-order valence-electron chi connectivity index (χ1n) is 9.88. The minimum absolute atomic E-state index is 0.0287. The molecule has 1 aromatic heterocycles. The van der Waals surface area contributed by atoms with Crippen LogP contribution in [-0.4, -0.2) is 52.9 Å². The van der Waals surface area contributed by atoms with Gasteiger partial charge in [-0.1, -0.05) is 12.1 Å². The monoisotopic (exact) mass is 353 g/mol. The molecule has 0 radical (unpaired) electrons. The Morgan fingerprint density at radius 2 is 1.85 bits per heavy atom. The minimum atomic E-state index is -0.0895. The molecule has 1 N–H and O–H groups in total. The van der Waals surface area contributed by atoms with Crippen LogP contribution in [-0.2, 0) is 0 Å². The second kappa shape index (κ2) is 7.62. The standard InChI is InChI=1S/C21H27N3O2/c25-20-15-19(22-18-9-2-1-8-17(18)20)21(26)24-13-4-3-7-16(24)10-14-23-11-5-6-12-23/h1-2,8-9,15-16H,3-7,10-14H2,(H,22,25). The Labute approximate surface area is 154 Å². The molecule has 2 aliphatic heterocycles. The van der Waals surface area contributed by atoms with E-state index in [9.17, 15) is 9.59 Å². The quantitative estimate of drug-likeness (QED) is 0.919. The molecule has 2 aromatic rings. The van der Waals surface area contributed by atoms with Gasteiger partial charge in [-0.3, -0.25) is 9.59 Å². The second-order valence-corrected chi connectivity index (χ2v) is 7.58. The number of carbonyl (C=O) groups excluding carboxylic acids is 1. The molecule has 3 heterocycles. The number of nitrogens with zero attached hydrogens (tertiary/aromatic N) is 2. The summed E-state index contributed by atoms with van der Waals surface area (Å²) in [7, 11) is 0. The molecule has 1 aromatic carbocycles. The van der Waals surface area contributed by atoms with Crippen molar-refractivity contribution in [1.29, 1.82) is 0 Å². The third-order valence-electron chi connectivity index (χ3n) is 5.83. The van der Waals surface area contributed by atoms with Crippen LogP contribution < -0.4 is 5.43 Å². The predicted octanol–water partition coefficient (Wildman–Crippen LogP) is 3.01. The minimum Gasteiger partial charge on any atom is -0.350 e. The maximum absolute atomic E-state index is 13.1. The fraction of sp³-hybridized carbons (Fsp3) is 0.524. The van der Waals surface area contributed by atoms with Crippen molar-refractivity contribution in [2.45, 2.75) is 44.6 Å². The van der Waals surface area contributed by atoms with Crippen LogP contribution >= 0.6 is 0 Å². The number of amides is 1. The molecule has 26 heavy (non-hydrogen) atoms. The van der Waals surface area contributed by atoms with Crippen LogP contribution in [0.2, 0.25) is 0 Å². The molecule has 4 rings (SSSR count). The summed E-state index contributed by atoms with van der Waals surface area (Å²) in [5.74, 6) is -0.0287. The molecule has 2 saturated heterocycles. The fourth-order valence-electron chi connectivity index (χ4n) is 4.37. The molecule has 5 nitrogen and oxygen atoms in total. The summed E-state index contributed by atoms with van der Waals surface area (Å²) in [6, 6.07) is 9.13. The molecular formula is C21H27N3O2. The van der Waals surface area contributed by atoms with E-state index in [4.69, 9.17) is 0 Å². The van der Waals surface area contributed by atoms with Gasteiger partial charge in [0, 0.05) is 36.1 Å². The summed E-state index contributed by atoms with van der Waals surface area (Å²) in [4.78, 5) is 33.2. The maximum atomic E-state index is 13.1. The van der Waals surface area contributed by atoms with Gasteiger partial charge < -0.3 is 14.8 Å². The lowest BCUT2D eigenvalue weighted by molar-refractivity contribution is 0.0582. The van der Waals surface area contributed by atoms with E-state index in [1.54, 1.807) is 6.07 Å². The molecule has 0 aliphatic carbocycles. The fourth-order valence-corrected chi connectivity index (χ4v) is 4.37. The summed E-state index contributed by atoms with van der Waals surface area (Å²) < 4.78 is 0. The van der Waals surface area contributed by atoms with E-state index in [0.29, 0.717) is 11.1 Å². The first-order valence-corrected chi connectivity index (χ1v) is 9.88. The van der Waals surface area contributed by atoms with Crippen LogP contribution in [0.5, 0.6) is 0 Å². The Kier molecular flexibility index (Phi) is 5.07. The van der Waals surface area contributed by atoms with Crippen LogP contribution in [0.25, 0.3) is 10.9 Å². The molecule has 1 atom stereocenters. The van der Waals surface area contributed by atoms with E-state index in [-0.39, 0.29) is 17.4 Å². The number of hydrogen-bond donors (Lipinski definition) is 1. The van der Waals surface area contributed by atoms with Crippen LogP contribution in [0, 0.1) is 0 Å². The van der Waals surface area contributed by atoms with Crippen molar-refractivity contribution in [2.24, 2.45) is 0 Å². The lowest BCUT2D eigenvalue weighted by Crippen LogP contribution is -2.45. The van der Waals surface area contributed by atoms with Gasteiger partial charge in [0.15, 0.2) is 5.43 Å². The molecular weight excluding hydrogens is 326 g/mol. The highest BCUT2D eigenvalue weighted by atomic mass is 16.2. The number of hydrogen-bond acceptors (Lipinski definition) is 3. The molecule has 5 heteroatoms. The SMILES string of the molecule is O=C(c1cc(=O)c2ccccc2[nH]1)N1CCCCC1CCN1CCCC1. The molecule has 0 spiro atoms. The third kappa shape index (κ3) is 3.54. The predicted molar refractivity (Wildman–Crippen MR) is 104 cm³/mol. The van der Waals surface area contributed by atoms with Crippen molar-refractivity contribution < 1.29 is 4.79 Å². The summed E-state index contributed by atoms with van der Waals surface area (Å²) >= 11 is 0. The zero-order valence-corrected chi connectivity index (χ0v) is 15.2. The normalized spacial score (nSPS) is 21.4. The molecule has 1 unspecified atom stereocenters. The zero-order valence-electron chi connectivity index (χ0n) is 15.2. The Morgan fingerprint density at radius 1 is 1.08 bits per heavy atom. The number of fused-ring (bicyclic) bond motifs is 1. The number of aromatic amines is 1. The second-order valence-electron chi connectivity index (χ2n) is 7.58. The maximum Gasteiger partial charge on any atom is 0.270 e. The van der Waals surface area contributed by atoms with E-state index in [2.05, 4.69) is 9.88 Å². The van der Waals surface area contributed by atoms with E-state index in [0.717, 1.165) is 37.9 Å². The Bertz CT molecular complexity index is 839. The number of piperidine rings is 1. The van der Waals surface area contributed by atoms with Gasteiger partial charge in [-0.25, -0.2) is 0 Å². The average Bonchev–Trinajstić information content (AvgIpc) is 3.20. The van der Waals surface area contributed by atoms with Gasteiger partial charge >= 0.3 is 0 Å². The molecule has 138 valence electrons. The van der Waals surface area contributed by atoms with E-state index in [1.807, 2.05) is 23.1 Å². The molecule has 2 aliphatic rings. The number of H-pyrrole nitrogens is 1. The van der Waals surface area contributed by atoms with E-state index < -0.39 is 0 Å². The van der Waals surface area contributed by atoms with Crippen LogP contribution in [0.3, 0.4) is 0 Å². The van der Waals surface area contributed by atoms with Crippen LogP contribution in [0.1, 0.15) is 49.0 Å². The van der Waals surface area contributed by atoms with Gasteiger partial charge in [0.05, 0.1) is 0 Å². The van der Waals surface area contributed by atoms with Crippen molar-refractivity contribution in [3.63, 3.8) is 0 Å². The smallest absolute Gasteiger partial charge is 0.270 e. The first-order chi connectivity index (χ1) is 12.7. The van der Waals surface area contributed by atoms with Crippen molar-refractivity contribution in [3.05, 3.63) is 46.2 Å². The molecule has 0 bridgehead atoms. The van der Waals surface area contributed by atoms with Gasteiger partial charge in [-0.15, -0.1) is 0 Å². The van der Waals surface area contributed by atoms with Crippen molar-refractivity contribution in [1.82, 2.24) is 14.8 Å². The van der Waals surface area contributed by atoms with Crippen molar-refractivity contribution in [2.75, 3.05) is 26.2 Å². The van der Waals surface area contributed by atoms with Gasteiger partial charge in [-0.05, 0) is 63.7 Å². The Hall–Kier alpha value is -2.14. The third-order valence-corrected chi connectivity index (χ3v) is 5.83. The van der Waals surface area contributed by atoms with Crippen LogP contribution in [0.15, 0.2) is 35.1 Å². The number of pyridine rings is 1. The van der Waals surface area contributed by atoms with Crippen molar-refractivity contribution >= 4 is 16.8 Å². The van der Waals surface area contributed by atoms with Crippen molar-refractivity contribution in [3.8, 4) is 0 Å². The number of carbonyl (C=O) groups is 1. The number of aromatic nitrogens is 1.